The number of hydrogen-bond donors (Lipinski definition) is 3. The molecule has 130 valence electrons. The molecule has 0 aliphatic heterocycles. The Balaban J connectivity index is 2.22. The van der Waals surface area contributed by atoms with E-state index in [0.717, 1.165) is 0 Å². The summed E-state index contributed by atoms with van der Waals surface area (Å²) >= 11 is 0. The fraction of sp³-hybridized carbons (Fsp3) is 0.500. The lowest BCUT2D eigenvalue weighted by atomic mass is 9.79. The Morgan fingerprint density at radius 3 is 2.50 bits per heavy atom. The van der Waals surface area contributed by atoms with Crippen LogP contribution >= 0.6 is 0 Å². The molecule has 8 heteroatoms. The lowest BCUT2D eigenvalue weighted by Gasteiger charge is -2.35. The van der Waals surface area contributed by atoms with Crippen LogP contribution in [0, 0.1) is 16.0 Å². The maximum Gasteiger partial charge on any atom is 0.293 e. The Hall–Kier alpha value is -2.64. The summed E-state index contributed by atoms with van der Waals surface area (Å²) in [5.74, 6) is -0.491. The molecule has 24 heavy (non-hydrogen) atoms. The van der Waals surface area contributed by atoms with Crippen molar-refractivity contribution in [3.63, 3.8) is 0 Å². The van der Waals surface area contributed by atoms with Gasteiger partial charge in [-0.15, -0.1) is 0 Å². The average Bonchev–Trinajstić information content (AvgIpc) is 2.48. The number of benzene rings is 1. The zero-order chi connectivity index (χ0) is 17.9. The summed E-state index contributed by atoms with van der Waals surface area (Å²) in [6.45, 7) is 3.64. The van der Waals surface area contributed by atoms with Crippen LogP contribution in [0.2, 0.25) is 0 Å². The molecule has 1 aromatic carbocycles. The van der Waals surface area contributed by atoms with Gasteiger partial charge in [-0.3, -0.25) is 19.7 Å². The number of carbonyl (C=O) groups excluding carboxylic acids is 2. The first-order valence-corrected chi connectivity index (χ1v) is 7.89. The summed E-state index contributed by atoms with van der Waals surface area (Å²) in [7, 11) is 1.58. The second-order valence-electron chi connectivity index (χ2n) is 6.21. The third kappa shape index (κ3) is 3.81. The third-order valence-corrected chi connectivity index (χ3v) is 4.01. The normalized spacial score (nSPS) is 19.3. The Morgan fingerprint density at radius 2 is 1.96 bits per heavy atom. The van der Waals surface area contributed by atoms with Gasteiger partial charge in [-0.1, -0.05) is 6.07 Å². The average molecular weight is 334 g/mol. The van der Waals surface area contributed by atoms with E-state index in [1.165, 1.54) is 12.1 Å². The molecule has 1 aliphatic rings. The monoisotopic (exact) mass is 334 g/mol. The maximum atomic E-state index is 12.3. The number of nitrogens with zero attached hydrogens (tertiary/aromatic N) is 1. The van der Waals surface area contributed by atoms with Gasteiger partial charge in [0, 0.05) is 31.1 Å². The number of nitro groups is 1. The molecule has 1 saturated carbocycles. The summed E-state index contributed by atoms with van der Waals surface area (Å²) in [6.07, 6.45) is 1.16. The van der Waals surface area contributed by atoms with Crippen molar-refractivity contribution in [1.29, 1.82) is 0 Å². The molecule has 2 amide bonds. The van der Waals surface area contributed by atoms with Crippen LogP contribution in [0.3, 0.4) is 0 Å². The predicted octanol–water partition coefficient (Wildman–Crippen LogP) is 1.67. The van der Waals surface area contributed by atoms with Crippen molar-refractivity contribution in [3.8, 4) is 0 Å². The van der Waals surface area contributed by atoms with E-state index >= 15 is 0 Å². The van der Waals surface area contributed by atoms with Gasteiger partial charge in [0.25, 0.3) is 11.6 Å². The van der Waals surface area contributed by atoms with Gasteiger partial charge in [0.1, 0.15) is 5.69 Å². The highest BCUT2D eigenvalue weighted by Gasteiger charge is 2.36. The number of nitrogens with one attached hydrogen (secondary N) is 3. The highest BCUT2D eigenvalue weighted by Crippen LogP contribution is 2.35. The summed E-state index contributed by atoms with van der Waals surface area (Å²) in [6, 6.07) is 4.27. The van der Waals surface area contributed by atoms with Crippen LogP contribution < -0.4 is 16.0 Å². The molecule has 3 N–H and O–H groups in total. The molecule has 0 radical (unpaired) electrons. The molecule has 0 spiro atoms. The summed E-state index contributed by atoms with van der Waals surface area (Å²) in [4.78, 5) is 34.7. The highest BCUT2D eigenvalue weighted by atomic mass is 16.6. The SMILES string of the molecule is CNC(=O)C1CC(Nc2c(C(=O)NC(C)C)cccc2[N+](=O)[O-])C1. The van der Waals surface area contributed by atoms with Gasteiger partial charge in [0.2, 0.25) is 5.91 Å². The van der Waals surface area contributed by atoms with Crippen LogP contribution in [-0.2, 0) is 4.79 Å². The van der Waals surface area contributed by atoms with Crippen LogP contribution in [0.1, 0.15) is 37.0 Å². The number of amides is 2. The summed E-state index contributed by atoms with van der Waals surface area (Å²) in [5, 5.41) is 19.7. The van der Waals surface area contributed by atoms with Crippen molar-refractivity contribution in [2.24, 2.45) is 5.92 Å². The molecular weight excluding hydrogens is 312 g/mol. The van der Waals surface area contributed by atoms with Gasteiger partial charge in [0.15, 0.2) is 0 Å². The second kappa shape index (κ2) is 7.29. The molecule has 1 fully saturated rings. The number of hydrogen-bond acceptors (Lipinski definition) is 5. The minimum atomic E-state index is -0.511. The van der Waals surface area contributed by atoms with Gasteiger partial charge in [0.05, 0.1) is 10.5 Å². The molecule has 0 aromatic heterocycles. The Morgan fingerprint density at radius 1 is 1.29 bits per heavy atom. The van der Waals surface area contributed by atoms with Gasteiger partial charge < -0.3 is 16.0 Å². The lowest BCUT2D eigenvalue weighted by molar-refractivity contribution is -0.384. The van der Waals surface area contributed by atoms with E-state index in [4.69, 9.17) is 0 Å². The smallest absolute Gasteiger partial charge is 0.293 e. The molecule has 0 heterocycles. The first-order valence-electron chi connectivity index (χ1n) is 7.89. The maximum absolute atomic E-state index is 12.3. The van der Waals surface area contributed by atoms with E-state index in [1.54, 1.807) is 13.1 Å². The zero-order valence-electron chi connectivity index (χ0n) is 14.0. The molecule has 0 bridgehead atoms. The standard InChI is InChI=1S/C16H22N4O4/c1-9(2)18-16(22)12-5-4-6-13(20(23)24)14(12)19-11-7-10(8-11)15(21)17-3/h4-6,9-11,19H,7-8H2,1-3H3,(H,17,21)(H,18,22). The summed E-state index contributed by atoms with van der Waals surface area (Å²) < 4.78 is 0. The lowest BCUT2D eigenvalue weighted by Crippen LogP contribution is -2.44. The fourth-order valence-corrected chi connectivity index (χ4v) is 2.73. The Labute approximate surface area is 140 Å². The Kier molecular flexibility index (Phi) is 5.38. The van der Waals surface area contributed by atoms with E-state index in [-0.39, 0.29) is 46.8 Å². The largest absolute Gasteiger partial charge is 0.376 e. The van der Waals surface area contributed by atoms with Crippen LogP contribution in [-0.4, -0.2) is 35.9 Å². The number of rotatable bonds is 6. The first-order chi connectivity index (χ1) is 11.3. The van der Waals surface area contributed by atoms with E-state index in [0.29, 0.717) is 12.8 Å². The Bertz CT molecular complexity index is 653. The minimum absolute atomic E-state index is 0.0339. The first kappa shape index (κ1) is 17.7. The topological polar surface area (TPSA) is 113 Å². The molecule has 0 unspecified atom stereocenters. The quantitative estimate of drug-likeness (QED) is 0.541. The third-order valence-electron chi connectivity index (χ3n) is 4.01. The zero-order valence-corrected chi connectivity index (χ0v) is 14.0. The molecule has 2 rings (SSSR count). The number of para-hydroxylation sites is 1. The van der Waals surface area contributed by atoms with Crippen LogP contribution in [0.4, 0.5) is 11.4 Å². The van der Waals surface area contributed by atoms with Gasteiger partial charge >= 0.3 is 0 Å². The van der Waals surface area contributed by atoms with Crippen LogP contribution in [0.25, 0.3) is 0 Å². The van der Waals surface area contributed by atoms with Crippen molar-refractivity contribution in [1.82, 2.24) is 10.6 Å². The number of anilines is 1. The van der Waals surface area contributed by atoms with E-state index in [1.807, 2.05) is 13.8 Å². The number of nitro benzene ring substituents is 1. The van der Waals surface area contributed by atoms with Crippen molar-refractivity contribution < 1.29 is 14.5 Å². The van der Waals surface area contributed by atoms with Gasteiger partial charge in [-0.05, 0) is 32.8 Å². The minimum Gasteiger partial charge on any atom is -0.376 e. The second-order valence-corrected chi connectivity index (χ2v) is 6.21. The number of carbonyl (C=O) groups is 2. The summed E-state index contributed by atoms with van der Waals surface area (Å²) in [5.41, 5.74) is 0.303. The predicted molar refractivity (Wildman–Crippen MR) is 89.9 cm³/mol. The molecule has 8 nitrogen and oxygen atoms in total. The molecule has 0 atom stereocenters. The fourth-order valence-electron chi connectivity index (χ4n) is 2.73. The van der Waals surface area contributed by atoms with Crippen molar-refractivity contribution in [2.75, 3.05) is 12.4 Å². The van der Waals surface area contributed by atoms with Crippen LogP contribution in [0.15, 0.2) is 18.2 Å². The van der Waals surface area contributed by atoms with Crippen molar-refractivity contribution in [2.45, 2.75) is 38.8 Å². The highest BCUT2D eigenvalue weighted by molar-refractivity contribution is 6.01. The molecular formula is C16H22N4O4. The molecule has 0 saturated heterocycles. The van der Waals surface area contributed by atoms with E-state index in [9.17, 15) is 19.7 Å². The van der Waals surface area contributed by atoms with Gasteiger partial charge in [-0.2, -0.15) is 0 Å². The van der Waals surface area contributed by atoms with Crippen molar-refractivity contribution >= 4 is 23.2 Å². The molecule has 1 aliphatic carbocycles. The van der Waals surface area contributed by atoms with Crippen molar-refractivity contribution in [3.05, 3.63) is 33.9 Å². The van der Waals surface area contributed by atoms with E-state index < -0.39 is 4.92 Å². The molecule has 1 aromatic rings. The van der Waals surface area contributed by atoms with Gasteiger partial charge in [-0.25, -0.2) is 0 Å². The van der Waals surface area contributed by atoms with E-state index in [2.05, 4.69) is 16.0 Å². The van der Waals surface area contributed by atoms with Crippen LogP contribution in [0.5, 0.6) is 0 Å².